The Morgan fingerprint density at radius 1 is 1.21 bits per heavy atom. The van der Waals surface area contributed by atoms with Gasteiger partial charge in [0, 0.05) is 30.4 Å². The van der Waals surface area contributed by atoms with E-state index in [1.165, 1.54) is 13.3 Å². The second kappa shape index (κ2) is 8.06. The zero-order valence-corrected chi connectivity index (χ0v) is 18.7. The number of hydrogen-bond donors (Lipinski definition) is 0. The first-order chi connectivity index (χ1) is 15.8. The summed E-state index contributed by atoms with van der Waals surface area (Å²) in [5.41, 5.74) is 2.53. The minimum Gasteiger partial charge on any atom is -0.480 e. The van der Waals surface area contributed by atoms with E-state index in [1.54, 1.807) is 22.7 Å². The lowest BCUT2D eigenvalue weighted by atomic mass is 9.81. The molecule has 1 fully saturated rings. The highest BCUT2D eigenvalue weighted by Crippen LogP contribution is 2.45. The van der Waals surface area contributed by atoms with Crippen LogP contribution in [0, 0.1) is 17.5 Å². The van der Waals surface area contributed by atoms with Crippen LogP contribution < -0.4 is 4.74 Å². The van der Waals surface area contributed by atoms with Gasteiger partial charge in [-0.1, -0.05) is 11.6 Å². The maximum absolute atomic E-state index is 14.0. The van der Waals surface area contributed by atoms with Crippen LogP contribution in [0.5, 0.6) is 5.88 Å². The number of carbonyl (C=O) groups excluding carboxylic acids is 1. The minimum atomic E-state index is -1.51. The average Bonchev–Trinajstić information content (AvgIpc) is 3.12. The highest BCUT2D eigenvalue weighted by Gasteiger charge is 2.44. The van der Waals surface area contributed by atoms with E-state index in [1.807, 2.05) is 0 Å². The molecule has 0 radical (unpaired) electrons. The van der Waals surface area contributed by atoms with Gasteiger partial charge in [-0.25, -0.2) is 18.2 Å². The number of benzene rings is 1. The molecule has 2 aliphatic heterocycles. The van der Waals surface area contributed by atoms with Gasteiger partial charge in [-0.2, -0.15) is 5.10 Å². The molecule has 0 aliphatic carbocycles. The van der Waals surface area contributed by atoms with Crippen molar-refractivity contribution in [3.8, 4) is 17.1 Å². The largest absolute Gasteiger partial charge is 0.480 e. The summed E-state index contributed by atoms with van der Waals surface area (Å²) in [6, 6.07) is 3.06. The fourth-order valence-corrected chi connectivity index (χ4v) is 5.34. The van der Waals surface area contributed by atoms with Crippen molar-refractivity contribution in [3.63, 3.8) is 0 Å². The highest BCUT2D eigenvalue weighted by molar-refractivity contribution is 6.35. The minimum absolute atomic E-state index is 0.142. The molecule has 33 heavy (non-hydrogen) atoms. The number of halogens is 4. The summed E-state index contributed by atoms with van der Waals surface area (Å²) in [7, 11) is 3.11. The van der Waals surface area contributed by atoms with E-state index in [-0.39, 0.29) is 34.5 Å². The van der Waals surface area contributed by atoms with E-state index < -0.39 is 17.5 Å². The summed E-state index contributed by atoms with van der Waals surface area (Å²) < 4.78 is 48.1. The second-order valence-electron chi connectivity index (χ2n) is 8.29. The lowest BCUT2D eigenvalue weighted by Crippen LogP contribution is -2.50. The molecule has 5 rings (SSSR count). The van der Waals surface area contributed by atoms with Crippen molar-refractivity contribution >= 4 is 17.5 Å². The maximum atomic E-state index is 14.0. The average molecular weight is 477 g/mol. The van der Waals surface area contributed by atoms with Crippen LogP contribution >= 0.6 is 11.6 Å². The van der Waals surface area contributed by atoms with Gasteiger partial charge in [0.2, 0.25) is 5.88 Å². The predicted molar refractivity (Wildman–Crippen MR) is 115 cm³/mol. The molecule has 0 saturated carbocycles. The molecule has 1 amide bonds. The van der Waals surface area contributed by atoms with Gasteiger partial charge in [0.25, 0.3) is 5.91 Å². The standard InChI is InChI=1S/C23H20ClF3N4O2/c1-30-21(11-8-15(25)19(27)16(26)9-11)14-10-12-4-3-5-17(20(14)29-30)31(12)23(32)13-6-7-28-22(33-2)18(13)24/h6-9,12,17H,3-5,10H2,1-2H3. The SMILES string of the molecule is COc1nccc(C(=O)N2C3CCCC2c2nn(C)c(-c4cc(F)c(F)c(F)c4)c2C3)c1Cl. The van der Waals surface area contributed by atoms with Crippen molar-refractivity contribution in [2.45, 2.75) is 37.8 Å². The van der Waals surface area contributed by atoms with Crippen molar-refractivity contribution in [2.75, 3.05) is 7.11 Å². The maximum Gasteiger partial charge on any atom is 0.256 e. The quantitative estimate of drug-likeness (QED) is 0.507. The van der Waals surface area contributed by atoms with Crippen LogP contribution in [-0.2, 0) is 13.5 Å². The van der Waals surface area contributed by atoms with E-state index in [2.05, 4.69) is 10.1 Å². The fraction of sp³-hybridized carbons (Fsp3) is 0.348. The number of pyridine rings is 1. The molecule has 2 aromatic heterocycles. The van der Waals surface area contributed by atoms with Crippen LogP contribution in [0.25, 0.3) is 11.3 Å². The Kier molecular flexibility index (Phi) is 5.31. The van der Waals surface area contributed by atoms with Gasteiger partial charge < -0.3 is 9.64 Å². The predicted octanol–water partition coefficient (Wildman–Crippen LogP) is 4.85. The molecule has 3 aromatic rings. The van der Waals surface area contributed by atoms with Gasteiger partial charge in [-0.05, 0) is 43.9 Å². The van der Waals surface area contributed by atoms with Crippen LogP contribution in [0.2, 0.25) is 5.02 Å². The Morgan fingerprint density at radius 3 is 2.64 bits per heavy atom. The van der Waals surface area contributed by atoms with Crippen molar-refractivity contribution in [1.29, 1.82) is 0 Å². The summed E-state index contributed by atoms with van der Waals surface area (Å²) in [5, 5.41) is 4.77. The number of rotatable bonds is 3. The normalized spacial score (nSPS) is 19.4. The lowest BCUT2D eigenvalue weighted by Gasteiger charge is -2.45. The molecule has 6 nitrogen and oxygen atoms in total. The van der Waals surface area contributed by atoms with Crippen LogP contribution in [0.1, 0.15) is 46.9 Å². The van der Waals surface area contributed by atoms with Crippen molar-refractivity contribution < 1.29 is 22.7 Å². The summed E-state index contributed by atoms with van der Waals surface area (Å²) in [4.78, 5) is 19.4. The molecular weight excluding hydrogens is 457 g/mol. The molecule has 2 atom stereocenters. The summed E-state index contributed by atoms with van der Waals surface area (Å²) in [6.07, 6.45) is 4.30. The number of hydrogen-bond acceptors (Lipinski definition) is 4. The molecule has 172 valence electrons. The van der Waals surface area contributed by atoms with E-state index in [0.29, 0.717) is 29.8 Å². The molecule has 1 saturated heterocycles. The third kappa shape index (κ3) is 3.37. The van der Waals surface area contributed by atoms with Gasteiger partial charge in [0.1, 0.15) is 5.02 Å². The van der Waals surface area contributed by atoms with Crippen LogP contribution in [0.3, 0.4) is 0 Å². The first-order valence-electron chi connectivity index (χ1n) is 10.5. The van der Waals surface area contributed by atoms with Crippen LogP contribution in [0.15, 0.2) is 24.4 Å². The fourth-order valence-electron chi connectivity index (χ4n) is 5.07. The van der Waals surface area contributed by atoms with Gasteiger partial charge >= 0.3 is 0 Å². The van der Waals surface area contributed by atoms with E-state index >= 15 is 0 Å². The number of ether oxygens (including phenoxy) is 1. The molecule has 0 spiro atoms. The van der Waals surface area contributed by atoms with E-state index in [0.717, 1.165) is 30.5 Å². The molecular formula is C23H20ClF3N4O2. The summed E-state index contributed by atoms with van der Waals surface area (Å²) >= 11 is 6.38. The zero-order chi connectivity index (χ0) is 23.4. The van der Waals surface area contributed by atoms with Crippen molar-refractivity contribution in [3.05, 3.63) is 63.7 Å². The number of aryl methyl sites for hydroxylation is 1. The topological polar surface area (TPSA) is 60.2 Å². The Labute approximate surface area is 192 Å². The van der Waals surface area contributed by atoms with Crippen LogP contribution in [0.4, 0.5) is 13.2 Å². The number of carbonyl (C=O) groups is 1. The third-order valence-corrected chi connectivity index (χ3v) is 6.81. The smallest absolute Gasteiger partial charge is 0.256 e. The Morgan fingerprint density at radius 2 is 1.94 bits per heavy atom. The van der Waals surface area contributed by atoms with Crippen molar-refractivity contribution in [2.24, 2.45) is 7.05 Å². The number of nitrogens with zero attached hydrogens (tertiary/aromatic N) is 4. The van der Waals surface area contributed by atoms with E-state index in [9.17, 15) is 18.0 Å². The summed E-state index contributed by atoms with van der Waals surface area (Å²) in [5.74, 6) is -4.09. The highest BCUT2D eigenvalue weighted by atomic mass is 35.5. The number of aromatic nitrogens is 3. The third-order valence-electron chi connectivity index (χ3n) is 6.45. The monoisotopic (exact) mass is 476 g/mol. The van der Waals surface area contributed by atoms with Crippen LogP contribution in [-0.4, -0.2) is 38.7 Å². The molecule has 10 heteroatoms. The molecule has 1 aromatic carbocycles. The van der Waals surface area contributed by atoms with Gasteiger partial charge in [-0.3, -0.25) is 9.48 Å². The number of fused-ring (bicyclic) bond motifs is 4. The Hall–Kier alpha value is -3.07. The van der Waals surface area contributed by atoms with Gasteiger partial charge in [-0.15, -0.1) is 0 Å². The Balaban J connectivity index is 1.59. The number of methoxy groups -OCH3 is 1. The first kappa shape index (κ1) is 21.8. The van der Waals surface area contributed by atoms with E-state index in [4.69, 9.17) is 16.3 Å². The zero-order valence-electron chi connectivity index (χ0n) is 17.9. The summed E-state index contributed by atoms with van der Waals surface area (Å²) in [6.45, 7) is 0. The number of piperidine rings is 1. The Bertz CT molecular complexity index is 1260. The molecule has 2 bridgehead atoms. The second-order valence-corrected chi connectivity index (χ2v) is 8.67. The first-order valence-corrected chi connectivity index (χ1v) is 10.9. The molecule has 2 unspecified atom stereocenters. The van der Waals surface area contributed by atoms with Gasteiger partial charge in [0.05, 0.1) is 30.1 Å². The van der Waals surface area contributed by atoms with Gasteiger partial charge in [0.15, 0.2) is 17.5 Å². The number of amides is 1. The lowest BCUT2D eigenvalue weighted by molar-refractivity contribution is 0.0391. The molecule has 4 heterocycles. The molecule has 0 N–H and O–H groups in total. The molecule has 2 aliphatic rings. The van der Waals surface area contributed by atoms with Crippen molar-refractivity contribution in [1.82, 2.24) is 19.7 Å².